The second-order valence-electron chi connectivity index (χ2n) is 5.03. The zero-order chi connectivity index (χ0) is 15.1. The number of methoxy groups -OCH3 is 2. The van der Waals surface area contributed by atoms with E-state index in [1.807, 2.05) is 12.1 Å². The highest BCUT2D eigenvalue weighted by Gasteiger charge is 2.10. The van der Waals surface area contributed by atoms with Crippen molar-refractivity contribution < 1.29 is 9.47 Å². The van der Waals surface area contributed by atoms with Gasteiger partial charge in [0.15, 0.2) is 0 Å². The van der Waals surface area contributed by atoms with Gasteiger partial charge in [-0.15, -0.1) is 11.6 Å². The topological polar surface area (TPSA) is 36.3 Å². The molecular formula is C16H23ClN2O2. The average molecular weight is 311 g/mol. The van der Waals surface area contributed by atoms with Crippen LogP contribution in [0.25, 0.3) is 11.0 Å². The Morgan fingerprint density at radius 1 is 1.19 bits per heavy atom. The van der Waals surface area contributed by atoms with Crippen LogP contribution >= 0.6 is 11.6 Å². The summed E-state index contributed by atoms with van der Waals surface area (Å²) in [7, 11) is 3.42. The first-order chi connectivity index (χ1) is 10.3. The van der Waals surface area contributed by atoms with Gasteiger partial charge in [0.2, 0.25) is 0 Å². The Morgan fingerprint density at radius 2 is 2.05 bits per heavy atom. The minimum absolute atomic E-state index is 0.587. The summed E-state index contributed by atoms with van der Waals surface area (Å²) in [6.07, 6.45) is 4.17. The molecule has 0 spiro atoms. The van der Waals surface area contributed by atoms with Gasteiger partial charge in [-0.25, -0.2) is 4.98 Å². The highest BCUT2D eigenvalue weighted by atomic mass is 35.5. The number of unbranched alkanes of at least 4 members (excludes halogenated alkanes) is 2. The molecular weight excluding hydrogens is 288 g/mol. The zero-order valence-electron chi connectivity index (χ0n) is 12.8. The van der Waals surface area contributed by atoms with Crippen molar-refractivity contribution >= 4 is 22.6 Å². The molecule has 0 saturated heterocycles. The van der Waals surface area contributed by atoms with Gasteiger partial charge in [-0.2, -0.15) is 0 Å². The van der Waals surface area contributed by atoms with Gasteiger partial charge in [-0.1, -0.05) is 0 Å². The lowest BCUT2D eigenvalue weighted by molar-refractivity contribution is 0.191. The number of benzene rings is 1. The summed E-state index contributed by atoms with van der Waals surface area (Å²) < 4.78 is 12.6. The fourth-order valence-corrected chi connectivity index (χ4v) is 2.67. The number of alkyl halides is 1. The Morgan fingerprint density at radius 3 is 2.76 bits per heavy atom. The van der Waals surface area contributed by atoms with Crippen molar-refractivity contribution in [3.63, 3.8) is 0 Å². The predicted octanol–water partition coefficient (Wildman–Crippen LogP) is 3.64. The number of imidazole rings is 1. The number of ether oxygens (including phenoxy) is 2. The van der Waals surface area contributed by atoms with E-state index in [2.05, 4.69) is 10.6 Å². The predicted molar refractivity (Wildman–Crippen MR) is 86.4 cm³/mol. The molecule has 1 heterocycles. The molecule has 0 saturated carbocycles. The smallest absolute Gasteiger partial charge is 0.121 e. The normalized spacial score (nSPS) is 11.2. The monoisotopic (exact) mass is 310 g/mol. The van der Waals surface area contributed by atoms with Gasteiger partial charge in [0.25, 0.3) is 0 Å². The lowest BCUT2D eigenvalue weighted by Crippen LogP contribution is -2.05. The van der Waals surface area contributed by atoms with Crippen LogP contribution < -0.4 is 4.74 Å². The Hall–Kier alpha value is -1.26. The molecule has 1 aromatic carbocycles. The third-order valence-electron chi connectivity index (χ3n) is 3.58. The third kappa shape index (κ3) is 4.11. The van der Waals surface area contributed by atoms with Crippen molar-refractivity contribution in [2.45, 2.75) is 32.2 Å². The van der Waals surface area contributed by atoms with Crippen LogP contribution in [0, 0.1) is 0 Å². The van der Waals surface area contributed by atoms with Crippen LogP contribution in [-0.4, -0.2) is 36.3 Å². The van der Waals surface area contributed by atoms with Crippen LogP contribution in [0.4, 0.5) is 0 Å². The zero-order valence-corrected chi connectivity index (χ0v) is 13.5. The van der Waals surface area contributed by atoms with Crippen molar-refractivity contribution in [3.8, 4) is 5.75 Å². The maximum atomic E-state index is 5.90. The van der Waals surface area contributed by atoms with E-state index >= 15 is 0 Å². The molecule has 2 rings (SSSR count). The number of rotatable bonds is 9. The van der Waals surface area contributed by atoms with Gasteiger partial charge < -0.3 is 14.0 Å². The van der Waals surface area contributed by atoms with Crippen LogP contribution in [0.15, 0.2) is 18.2 Å². The van der Waals surface area contributed by atoms with Crippen LogP contribution in [0.3, 0.4) is 0 Å². The van der Waals surface area contributed by atoms with Crippen molar-refractivity contribution in [1.29, 1.82) is 0 Å². The molecule has 4 nitrogen and oxygen atoms in total. The van der Waals surface area contributed by atoms with Gasteiger partial charge in [0.1, 0.15) is 11.6 Å². The minimum atomic E-state index is 0.587. The first kappa shape index (κ1) is 16.1. The quantitative estimate of drug-likeness (QED) is 0.524. The average Bonchev–Trinajstić information content (AvgIpc) is 2.84. The summed E-state index contributed by atoms with van der Waals surface area (Å²) in [6, 6.07) is 6.04. The highest BCUT2D eigenvalue weighted by Crippen LogP contribution is 2.23. The molecule has 0 radical (unpaired) electrons. The first-order valence-electron chi connectivity index (χ1n) is 7.38. The molecule has 2 aromatic rings. The van der Waals surface area contributed by atoms with E-state index in [4.69, 9.17) is 26.1 Å². The fourth-order valence-electron chi connectivity index (χ4n) is 2.50. The SMILES string of the molecule is COCCCCCn1c(CCCl)nc2cc(OC)ccc21. The number of halogens is 1. The fraction of sp³-hybridized carbons (Fsp3) is 0.562. The maximum absolute atomic E-state index is 5.90. The lowest BCUT2D eigenvalue weighted by Gasteiger charge is -2.08. The van der Waals surface area contributed by atoms with E-state index in [0.717, 1.165) is 61.4 Å². The maximum Gasteiger partial charge on any atom is 0.121 e. The van der Waals surface area contributed by atoms with E-state index < -0.39 is 0 Å². The van der Waals surface area contributed by atoms with Crippen molar-refractivity contribution in [3.05, 3.63) is 24.0 Å². The number of hydrogen-bond acceptors (Lipinski definition) is 3. The molecule has 0 atom stereocenters. The molecule has 0 aliphatic rings. The highest BCUT2D eigenvalue weighted by molar-refractivity contribution is 6.17. The Labute approximate surface area is 131 Å². The van der Waals surface area contributed by atoms with Crippen molar-refractivity contribution in [1.82, 2.24) is 9.55 Å². The Balaban J connectivity index is 2.16. The summed E-state index contributed by atoms with van der Waals surface area (Å²) >= 11 is 5.90. The van der Waals surface area contributed by atoms with E-state index in [9.17, 15) is 0 Å². The second-order valence-corrected chi connectivity index (χ2v) is 5.40. The largest absolute Gasteiger partial charge is 0.497 e. The van der Waals surface area contributed by atoms with Crippen LogP contribution in [0.2, 0.25) is 0 Å². The number of nitrogens with zero attached hydrogens (tertiary/aromatic N) is 2. The first-order valence-corrected chi connectivity index (χ1v) is 7.91. The molecule has 0 fully saturated rings. The van der Waals surface area contributed by atoms with Gasteiger partial charge in [0, 0.05) is 38.6 Å². The molecule has 5 heteroatoms. The molecule has 0 aliphatic heterocycles. The van der Waals surface area contributed by atoms with Crippen LogP contribution in [0.5, 0.6) is 5.75 Å². The molecule has 116 valence electrons. The molecule has 21 heavy (non-hydrogen) atoms. The minimum Gasteiger partial charge on any atom is -0.497 e. The molecule has 0 amide bonds. The number of aromatic nitrogens is 2. The summed E-state index contributed by atoms with van der Waals surface area (Å²) in [5, 5.41) is 0. The van der Waals surface area contributed by atoms with E-state index in [1.54, 1.807) is 14.2 Å². The van der Waals surface area contributed by atoms with Gasteiger partial charge >= 0.3 is 0 Å². The van der Waals surface area contributed by atoms with Gasteiger partial charge in [-0.3, -0.25) is 0 Å². The summed E-state index contributed by atoms with van der Waals surface area (Å²) in [5.41, 5.74) is 2.13. The van der Waals surface area contributed by atoms with Crippen LogP contribution in [0.1, 0.15) is 25.1 Å². The molecule has 0 N–H and O–H groups in total. The van der Waals surface area contributed by atoms with Gasteiger partial charge in [-0.05, 0) is 31.4 Å². The summed E-state index contributed by atoms with van der Waals surface area (Å²) in [4.78, 5) is 4.70. The second kappa shape index (κ2) is 8.25. The number of fused-ring (bicyclic) bond motifs is 1. The van der Waals surface area contributed by atoms with E-state index in [0.29, 0.717) is 5.88 Å². The summed E-state index contributed by atoms with van der Waals surface area (Å²) in [6.45, 7) is 1.80. The molecule has 0 bridgehead atoms. The standard InChI is InChI=1S/C16H23ClN2O2/c1-20-11-5-3-4-10-19-15-7-6-13(21-2)12-14(15)18-16(19)8-9-17/h6-7,12H,3-5,8-11H2,1-2H3. The Kier molecular flexibility index (Phi) is 6.33. The summed E-state index contributed by atoms with van der Waals surface area (Å²) in [5.74, 6) is 2.48. The van der Waals surface area contributed by atoms with Crippen LogP contribution in [-0.2, 0) is 17.7 Å². The number of hydrogen-bond donors (Lipinski definition) is 0. The molecule has 1 aromatic heterocycles. The van der Waals surface area contributed by atoms with Gasteiger partial charge in [0.05, 0.1) is 18.1 Å². The van der Waals surface area contributed by atoms with E-state index in [1.165, 1.54) is 0 Å². The van der Waals surface area contributed by atoms with E-state index in [-0.39, 0.29) is 0 Å². The molecule has 0 aliphatic carbocycles. The lowest BCUT2D eigenvalue weighted by atomic mass is 10.2. The molecule has 0 unspecified atom stereocenters. The number of aryl methyl sites for hydroxylation is 2. The third-order valence-corrected chi connectivity index (χ3v) is 3.77. The van der Waals surface area contributed by atoms with Crippen molar-refractivity contribution in [2.24, 2.45) is 0 Å². The Bertz CT molecular complexity index is 569. The van der Waals surface area contributed by atoms with Crippen molar-refractivity contribution in [2.75, 3.05) is 26.7 Å².